The molecule has 2 N–H and O–H groups in total. The van der Waals surface area contributed by atoms with Gasteiger partial charge in [0.25, 0.3) is 0 Å². The highest BCUT2D eigenvalue weighted by Crippen LogP contribution is 2.01. The van der Waals surface area contributed by atoms with Crippen LogP contribution in [0.25, 0.3) is 0 Å². The number of aliphatic hydroxyl groups is 1. The highest BCUT2D eigenvalue weighted by molar-refractivity contribution is 5.08. The molecule has 1 aromatic heterocycles. The van der Waals surface area contributed by atoms with Gasteiger partial charge in [-0.3, -0.25) is 4.98 Å². The summed E-state index contributed by atoms with van der Waals surface area (Å²) in [5, 5.41) is 12.3. The lowest BCUT2D eigenvalue weighted by Gasteiger charge is -2.23. The summed E-state index contributed by atoms with van der Waals surface area (Å²) < 4.78 is 0. The molecule has 1 aromatic rings. The van der Waals surface area contributed by atoms with Crippen LogP contribution in [0.1, 0.15) is 19.4 Å². The van der Waals surface area contributed by atoms with Crippen molar-refractivity contribution in [3.63, 3.8) is 0 Å². The van der Waals surface area contributed by atoms with Gasteiger partial charge in [0.05, 0.1) is 6.61 Å². The number of pyridine rings is 1. The summed E-state index contributed by atoms with van der Waals surface area (Å²) in [5.41, 5.74) is 1.02. The Morgan fingerprint density at radius 2 is 2.29 bits per heavy atom. The van der Waals surface area contributed by atoms with Crippen LogP contribution >= 0.6 is 0 Å². The Labute approximate surface area is 85.2 Å². The molecule has 0 atom stereocenters. The SMILES string of the molecule is CC(C)(CO)NCCc1cccnc1. The number of aliphatic hydroxyl groups excluding tert-OH is 1. The minimum absolute atomic E-state index is 0.153. The third-order valence-corrected chi connectivity index (χ3v) is 2.14. The van der Waals surface area contributed by atoms with Gasteiger partial charge in [-0.25, -0.2) is 0 Å². The van der Waals surface area contributed by atoms with Crippen molar-refractivity contribution < 1.29 is 5.11 Å². The summed E-state index contributed by atoms with van der Waals surface area (Å²) in [6, 6.07) is 3.99. The second-order valence-corrected chi connectivity index (χ2v) is 4.08. The largest absolute Gasteiger partial charge is 0.394 e. The lowest BCUT2D eigenvalue weighted by molar-refractivity contribution is 0.189. The molecule has 14 heavy (non-hydrogen) atoms. The van der Waals surface area contributed by atoms with Gasteiger partial charge < -0.3 is 10.4 Å². The Morgan fingerprint density at radius 3 is 2.86 bits per heavy atom. The van der Waals surface area contributed by atoms with E-state index in [1.54, 1.807) is 6.20 Å². The maximum Gasteiger partial charge on any atom is 0.0607 e. The van der Waals surface area contributed by atoms with Crippen molar-refractivity contribution in [2.24, 2.45) is 0 Å². The zero-order valence-electron chi connectivity index (χ0n) is 8.83. The van der Waals surface area contributed by atoms with E-state index in [1.165, 1.54) is 5.56 Å². The monoisotopic (exact) mass is 194 g/mol. The summed E-state index contributed by atoms with van der Waals surface area (Å²) in [7, 11) is 0. The van der Waals surface area contributed by atoms with Crippen LogP contribution in [0.4, 0.5) is 0 Å². The average molecular weight is 194 g/mol. The van der Waals surface area contributed by atoms with Crippen LogP contribution in [0.15, 0.2) is 24.5 Å². The molecule has 0 bridgehead atoms. The van der Waals surface area contributed by atoms with Gasteiger partial charge >= 0.3 is 0 Å². The molecule has 3 heteroatoms. The van der Waals surface area contributed by atoms with E-state index in [1.807, 2.05) is 26.1 Å². The summed E-state index contributed by atoms with van der Waals surface area (Å²) in [6.07, 6.45) is 4.58. The van der Waals surface area contributed by atoms with Crippen molar-refractivity contribution in [3.8, 4) is 0 Å². The fourth-order valence-corrected chi connectivity index (χ4v) is 1.15. The molecule has 0 radical (unpaired) electrons. The quantitative estimate of drug-likeness (QED) is 0.734. The topological polar surface area (TPSA) is 45.1 Å². The van der Waals surface area contributed by atoms with Gasteiger partial charge in [-0.15, -0.1) is 0 Å². The van der Waals surface area contributed by atoms with E-state index in [0.717, 1.165) is 13.0 Å². The first kappa shape index (κ1) is 11.1. The van der Waals surface area contributed by atoms with Gasteiger partial charge in [0, 0.05) is 17.9 Å². The Morgan fingerprint density at radius 1 is 1.50 bits per heavy atom. The van der Waals surface area contributed by atoms with E-state index in [0.29, 0.717) is 0 Å². The van der Waals surface area contributed by atoms with Crippen LogP contribution < -0.4 is 5.32 Å². The van der Waals surface area contributed by atoms with E-state index in [-0.39, 0.29) is 12.1 Å². The third-order valence-electron chi connectivity index (χ3n) is 2.14. The molecule has 78 valence electrons. The van der Waals surface area contributed by atoms with Crippen LogP contribution in [0.3, 0.4) is 0 Å². The number of hydrogen-bond acceptors (Lipinski definition) is 3. The zero-order chi connectivity index (χ0) is 10.4. The van der Waals surface area contributed by atoms with Crippen molar-refractivity contribution in [2.75, 3.05) is 13.2 Å². The first-order valence-electron chi connectivity index (χ1n) is 4.89. The molecule has 0 aliphatic heterocycles. The molecule has 0 saturated carbocycles. The lowest BCUT2D eigenvalue weighted by atomic mass is 10.1. The Hall–Kier alpha value is -0.930. The van der Waals surface area contributed by atoms with Crippen LogP contribution in [-0.4, -0.2) is 28.8 Å². The second-order valence-electron chi connectivity index (χ2n) is 4.08. The summed E-state index contributed by atoms with van der Waals surface area (Å²) in [4.78, 5) is 4.04. The zero-order valence-corrected chi connectivity index (χ0v) is 8.83. The van der Waals surface area contributed by atoms with Crippen LogP contribution in [0.5, 0.6) is 0 Å². The van der Waals surface area contributed by atoms with E-state index in [4.69, 9.17) is 5.11 Å². The van der Waals surface area contributed by atoms with Gasteiger partial charge in [0.2, 0.25) is 0 Å². The normalized spacial score (nSPS) is 11.6. The number of rotatable bonds is 5. The highest BCUT2D eigenvalue weighted by atomic mass is 16.3. The lowest BCUT2D eigenvalue weighted by Crippen LogP contribution is -2.43. The molecule has 0 unspecified atom stereocenters. The van der Waals surface area contributed by atoms with Crippen molar-refractivity contribution >= 4 is 0 Å². The third kappa shape index (κ3) is 3.85. The number of nitrogens with one attached hydrogen (secondary N) is 1. The summed E-state index contributed by atoms with van der Waals surface area (Å²) in [6.45, 7) is 4.98. The van der Waals surface area contributed by atoms with Gasteiger partial charge in [-0.05, 0) is 38.4 Å². The van der Waals surface area contributed by atoms with E-state index in [2.05, 4.69) is 16.4 Å². The Kier molecular flexibility index (Phi) is 4.04. The molecular weight excluding hydrogens is 176 g/mol. The molecule has 3 nitrogen and oxygen atoms in total. The molecule has 1 rings (SSSR count). The van der Waals surface area contributed by atoms with E-state index in [9.17, 15) is 0 Å². The molecule has 0 aliphatic rings. The van der Waals surface area contributed by atoms with E-state index >= 15 is 0 Å². The molecule has 0 saturated heterocycles. The summed E-state index contributed by atoms with van der Waals surface area (Å²) in [5.74, 6) is 0. The molecule has 0 aromatic carbocycles. The number of aromatic nitrogens is 1. The molecule has 1 heterocycles. The van der Waals surface area contributed by atoms with Gasteiger partial charge in [0.15, 0.2) is 0 Å². The van der Waals surface area contributed by atoms with Crippen LogP contribution in [0.2, 0.25) is 0 Å². The second kappa shape index (κ2) is 5.08. The Balaban J connectivity index is 2.29. The smallest absolute Gasteiger partial charge is 0.0607 e. The maximum absolute atomic E-state index is 9.02. The number of nitrogens with zero attached hydrogens (tertiary/aromatic N) is 1. The predicted octanol–water partition coefficient (Wildman–Crippen LogP) is 0.985. The molecule has 0 spiro atoms. The van der Waals surface area contributed by atoms with Crippen molar-refractivity contribution in [1.29, 1.82) is 0 Å². The first-order valence-corrected chi connectivity index (χ1v) is 4.89. The first-order chi connectivity index (χ1) is 6.64. The fourth-order valence-electron chi connectivity index (χ4n) is 1.15. The van der Waals surface area contributed by atoms with Crippen molar-refractivity contribution in [1.82, 2.24) is 10.3 Å². The molecular formula is C11H18N2O. The number of hydrogen-bond donors (Lipinski definition) is 2. The fraction of sp³-hybridized carbons (Fsp3) is 0.545. The summed E-state index contributed by atoms with van der Waals surface area (Å²) >= 11 is 0. The highest BCUT2D eigenvalue weighted by Gasteiger charge is 2.13. The standard InChI is InChI=1S/C11H18N2O/c1-11(2,9-14)13-7-5-10-4-3-6-12-8-10/h3-4,6,8,13-14H,5,7,9H2,1-2H3. The maximum atomic E-state index is 9.02. The van der Waals surface area contributed by atoms with Crippen LogP contribution in [-0.2, 0) is 6.42 Å². The molecule has 0 fully saturated rings. The minimum Gasteiger partial charge on any atom is -0.394 e. The van der Waals surface area contributed by atoms with E-state index < -0.39 is 0 Å². The van der Waals surface area contributed by atoms with Crippen molar-refractivity contribution in [3.05, 3.63) is 30.1 Å². The average Bonchev–Trinajstić information content (AvgIpc) is 2.19. The Bertz CT molecular complexity index is 259. The minimum atomic E-state index is -0.192. The van der Waals surface area contributed by atoms with Gasteiger partial charge in [-0.1, -0.05) is 6.07 Å². The van der Waals surface area contributed by atoms with Crippen molar-refractivity contribution in [2.45, 2.75) is 25.8 Å². The van der Waals surface area contributed by atoms with Gasteiger partial charge in [-0.2, -0.15) is 0 Å². The molecule has 0 amide bonds. The van der Waals surface area contributed by atoms with Crippen LogP contribution in [0, 0.1) is 0 Å². The molecule has 0 aliphatic carbocycles. The predicted molar refractivity (Wildman–Crippen MR) is 57.1 cm³/mol. The van der Waals surface area contributed by atoms with Gasteiger partial charge in [0.1, 0.15) is 0 Å².